The second kappa shape index (κ2) is 10.2. The molecule has 0 aromatic heterocycles. The van der Waals surface area contributed by atoms with Gasteiger partial charge in [0.15, 0.2) is 0 Å². The molecule has 4 aliphatic heterocycles. The lowest BCUT2D eigenvalue weighted by molar-refractivity contribution is 0.209. The van der Waals surface area contributed by atoms with Gasteiger partial charge in [0.05, 0.1) is 50.8 Å². The van der Waals surface area contributed by atoms with Crippen LogP contribution in [0.3, 0.4) is 0 Å². The third-order valence-corrected chi connectivity index (χ3v) is 7.78. The van der Waals surface area contributed by atoms with Crippen LogP contribution in [0.4, 0.5) is 0 Å². The van der Waals surface area contributed by atoms with Crippen LogP contribution in [-0.4, -0.2) is 86.8 Å². The van der Waals surface area contributed by atoms with Gasteiger partial charge in [0.1, 0.15) is 0 Å². The van der Waals surface area contributed by atoms with Gasteiger partial charge in [0, 0.05) is 39.3 Å². The zero-order valence-electron chi connectivity index (χ0n) is 22.1. The molecule has 4 saturated heterocycles. The van der Waals surface area contributed by atoms with Crippen LogP contribution in [-0.2, 0) is 32.0 Å². The van der Waals surface area contributed by atoms with Crippen LogP contribution in [0.1, 0.15) is 72.9 Å². The molecule has 1 aromatic carbocycles. The summed E-state index contributed by atoms with van der Waals surface area (Å²) in [6.07, 6.45) is 1.59. The summed E-state index contributed by atoms with van der Waals surface area (Å²) in [6, 6.07) is 0. The van der Waals surface area contributed by atoms with E-state index in [1.54, 1.807) is 11.1 Å². The Morgan fingerprint density at radius 3 is 1.06 bits per heavy atom. The van der Waals surface area contributed by atoms with Crippen molar-refractivity contribution in [2.75, 3.05) is 52.6 Å². The number of benzene rings is 1. The highest BCUT2D eigenvalue weighted by atomic mass is 16.6. The Hall–Kier alpha value is -1.02. The van der Waals surface area contributed by atoms with E-state index >= 15 is 0 Å². The van der Waals surface area contributed by atoms with Crippen molar-refractivity contribution in [2.24, 2.45) is 0 Å². The zero-order chi connectivity index (χ0) is 24.0. The molecule has 0 N–H and O–H groups in total. The first-order chi connectivity index (χ1) is 16.3. The maximum absolute atomic E-state index is 5.60. The van der Waals surface area contributed by atoms with Crippen molar-refractivity contribution >= 4 is 0 Å². The molecule has 0 saturated carbocycles. The zero-order valence-corrected chi connectivity index (χ0v) is 22.1. The number of ether oxygens (including phenoxy) is 4. The average molecular weight is 473 g/mol. The molecule has 4 heterocycles. The van der Waals surface area contributed by atoms with Crippen LogP contribution in [0.5, 0.6) is 0 Å². The van der Waals surface area contributed by atoms with E-state index in [9.17, 15) is 0 Å². The van der Waals surface area contributed by atoms with Crippen molar-refractivity contribution < 1.29 is 18.9 Å². The number of epoxide rings is 4. The third-order valence-electron chi connectivity index (χ3n) is 7.78. The molecule has 4 atom stereocenters. The minimum atomic E-state index is 0.398. The summed E-state index contributed by atoms with van der Waals surface area (Å²) in [5.74, 6) is 0.960. The predicted molar refractivity (Wildman–Crippen MR) is 134 cm³/mol. The lowest BCUT2D eigenvalue weighted by Gasteiger charge is -2.33. The fourth-order valence-electron chi connectivity index (χ4n) is 5.61. The Morgan fingerprint density at radius 1 is 0.588 bits per heavy atom. The first-order valence-corrected chi connectivity index (χ1v) is 13.4. The first-order valence-electron chi connectivity index (χ1n) is 13.4. The van der Waals surface area contributed by atoms with Gasteiger partial charge in [-0.3, -0.25) is 9.80 Å². The highest BCUT2D eigenvalue weighted by Crippen LogP contribution is 2.39. The fraction of sp³-hybridized carbons (Fsp3) is 0.786. The lowest BCUT2D eigenvalue weighted by Crippen LogP contribution is -2.34. The highest BCUT2D eigenvalue weighted by molar-refractivity contribution is 5.53. The van der Waals surface area contributed by atoms with E-state index in [0.717, 1.165) is 65.7 Å². The van der Waals surface area contributed by atoms with Gasteiger partial charge >= 0.3 is 0 Å². The third kappa shape index (κ3) is 6.21. The van der Waals surface area contributed by atoms with Crippen molar-refractivity contribution in [1.82, 2.24) is 9.80 Å². The minimum Gasteiger partial charge on any atom is -0.372 e. The molecule has 0 aliphatic carbocycles. The van der Waals surface area contributed by atoms with Crippen molar-refractivity contribution in [1.29, 1.82) is 0 Å². The van der Waals surface area contributed by atoms with E-state index in [1.165, 1.54) is 22.3 Å². The largest absolute Gasteiger partial charge is 0.372 e. The summed E-state index contributed by atoms with van der Waals surface area (Å²) in [5, 5.41) is 0. The van der Waals surface area contributed by atoms with Gasteiger partial charge in [-0.05, 0) is 59.1 Å². The molecule has 0 bridgehead atoms. The molecule has 0 radical (unpaired) electrons. The Morgan fingerprint density at radius 2 is 0.853 bits per heavy atom. The van der Waals surface area contributed by atoms with Gasteiger partial charge in [0.2, 0.25) is 0 Å². The molecule has 0 amide bonds. The van der Waals surface area contributed by atoms with Gasteiger partial charge in [-0.2, -0.15) is 0 Å². The van der Waals surface area contributed by atoms with Crippen molar-refractivity contribution in [3.63, 3.8) is 0 Å². The molecular formula is C28H44N2O4. The van der Waals surface area contributed by atoms with Crippen LogP contribution in [0.2, 0.25) is 0 Å². The van der Waals surface area contributed by atoms with Gasteiger partial charge in [-0.25, -0.2) is 0 Å². The Kier molecular flexibility index (Phi) is 7.37. The molecule has 4 aliphatic rings. The van der Waals surface area contributed by atoms with Crippen LogP contribution >= 0.6 is 0 Å². The topological polar surface area (TPSA) is 56.6 Å². The Labute approximate surface area is 205 Å². The SMILES string of the molecule is Cc1c(C)c(CN(CC2CO2)CC2CO2)c(C(C)C)c(C(C)C)c1CN(CC1CO1)CC1CO1. The van der Waals surface area contributed by atoms with E-state index in [4.69, 9.17) is 18.9 Å². The molecule has 5 rings (SSSR count). The van der Waals surface area contributed by atoms with E-state index in [1.807, 2.05) is 0 Å². The first kappa shape index (κ1) is 24.7. The van der Waals surface area contributed by atoms with Gasteiger partial charge in [-0.15, -0.1) is 0 Å². The summed E-state index contributed by atoms with van der Waals surface area (Å²) >= 11 is 0. The van der Waals surface area contributed by atoms with Crippen LogP contribution < -0.4 is 0 Å². The number of rotatable bonds is 14. The molecule has 4 fully saturated rings. The Balaban J connectivity index is 1.48. The molecular weight excluding hydrogens is 428 g/mol. The molecule has 1 aromatic rings. The molecule has 34 heavy (non-hydrogen) atoms. The lowest BCUT2D eigenvalue weighted by atomic mass is 9.78. The number of hydrogen-bond acceptors (Lipinski definition) is 6. The van der Waals surface area contributed by atoms with E-state index in [2.05, 4.69) is 51.3 Å². The van der Waals surface area contributed by atoms with Crippen LogP contribution in [0, 0.1) is 13.8 Å². The smallest absolute Gasteiger partial charge is 0.0936 e. The van der Waals surface area contributed by atoms with Crippen LogP contribution in [0.15, 0.2) is 0 Å². The normalized spacial score (nSPS) is 27.4. The van der Waals surface area contributed by atoms with Crippen molar-refractivity contribution in [2.45, 2.75) is 90.9 Å². The average Bonchev–Trinajstić information content (AvgIpc) is 3.59. The molecule has 4 unspecified atom stereocenters. The maximum Gasteiger partial charge on any atom is 0.0936 e. The molecule has 0 spiro atoms. The monoisotopic (exact) mass is 472 g/mol. The molecule has 6 heteroatoms. The van der Waals surface area contributed by atoms with Crippen molar-refractivity contribution in [3.8, 4) is 0 Å². The fourth-order valence-corrected chi connectivity index (χ4v) is 5.61. The summed E-state index contributed by atoms with van der Waals surface area (Å²) in [4.78, 5) is 5.15. The quantitative estimate of drug-likeness (QED) is 0.385. The number of nitrogens with zero attached hydrogens (tertiary/aromatic N) is 2. The standard InChI is InChI=1S/C28H44N2O4/c1-17(2)27-25(11-29(7-21-13-31-21)8-22-14-32-22)19(5)20(6)26(28(27)18(3)4)12-30(9-23-15-33-23)10-24-16-34-24/h17-18,21-24H,7-16H2,1-6H3. The van der Waals surface area contributed by atoms with Crippen LogP contribution in [0.25, 0.3) is 0 Å². The van der Waals surface area contributed by atoms with E-state index in [-0.39, 0.29) is 0 Å². The van der Waals surface area contributed by atoms with Gasteiger partial charge in [0.25, 0.3) is 0 Å². The van der Waals surface area contributed by atoms with Gasteiger partial charge < -0.3 is 18.9 Å². The summed E-state index contributed by atoms with van der Waals surface area (Å²) < 4.78 is 22.4. The summed E-state index contributed by atoms with van der Waals surface area (Å²) in [5.41, 5.74) is 9.13. The molecule has 6 nitrogen and oxygen atoms in total. The summed E-state index contributed by atoms with van der Waals surface area (Å²) in [7, 11) is 0. The van der Waals surface area contributed by atoms with E-state index < -0.39 is 0 Å². The molecule has 190 valence electrons. The van der Waals surface area contributed by atoms with E-state index in [0.29, 0.717) is 36.3 Å². The second-order valence-electron chi connectivity index (χ2n) is 11.6. The Bertz CT molecular complexity index is 771. The predicted octanol–water partition coefficient (Wildman–Crippen LogP) is 3.75. The second-order valence-corrected chi connectivity index (χ2v) is 11.6. The highest BCUT2D eigenvalue weighted by Gasteiger charge is 2.34. The van der Waals surface area contributed by atoms with Crippen molar-refractivity contribution in [3.05, 3.63) is 33.4 Å². The number of hydrogen-bond donors (Lipinski definition) is 0. The maximum atomic E-state index is 5.60. The summed E-state index contributed by atoms with van der Waals surface area (Å²) in [6.45, 7) is 23.8. The minimum absolute atomic E-state index is 0.398. The van der Waals surface area contributed by atoms with Gasteiger partial charge in [-0.1, -0.05) is 27.7 Å².